The third-order valence-corrected chi connectivity index (χ3v) is 5.17. The molecule has 0 atom stereocenters. The largest absolute Gasteiger partial charge is 0.457 e. The molecule has 0 aliphatic heterocycles. The van der Waals surface area contributed by atoms with Gasteiger partial charge in [0.05, 0.1) is 17.9 Å². The lowest BCUT2D eigenvalue weighted by Gasteiger charge is -2.07. The Bertz CT molecular complexity index is 797. The summed E-state index contributed by atoms with van der Waals surface area (Å²) >= 11 is 0. The molecule has 1 rings (SSSR count). The minimum absolute atomic E-state index is 0.0289. The smallest absolute Gasteiger partial charge is 0.416 e. The molecule has 9 heteroatoms. The van der Waals surface area contributed by atoms with Crippen molar-refractivity contribution in [3.05, 3.63) is 35.4 Å². The number of hydrogen-bond donors (Lipinski definition) is 1. The van der Waals surface area contributed by atoms with Crippen LogP contribution in [-0.4, -0.2) is 37.4 Å². The van der Waals surface area contributed by atoms with E-state index in [1.165, 1.54) is 12.1 Å². The van der Waals surface area contributed by atoms with Crippen LogP contribution in [0.25, 0.3) is 5.53 Å². The SMILES string of the molecule is CCOC(=O)C(CCCCCCC(=O)NS(=O)(=O)c1ccc(C)cc1)=[N+]=[N-]. The van der Waals surface area contributed by atoms with Gasteiger partial charge in [-0.3, -0.25) is 4.79 Å². The molecule has 0 saturated carbocycles. The van der Waals surface area contributed by atoms with Crippen molar-refractivity contribution in [3.8, 4) is 0 Å². The van der Waals surface area contributed by atoms with Gasteiger partial charge in [-0.15, -0.1) is 0 Å². The lowest BCUT2D eigenvalue weighted by atomic mass is 10.1. The molecule has 0 bridgehead atoms. The lowest BCUT2D eigenvalue weighted by Crippen LogP contribution is -2.30. The standard InChI is InChI=1S/C18H25N3O5S/c1-3-26-18(23)16(20-19)8-6-4-5-7-9-17(22)21-27(24,25)15-12-10-14(2)11-13-15/h10-13H,3-9H2,1-2H3,(H,21,22). The van der Waals surface area contributed by atoms with Crippen molar-refractivity contribution in [2.75, 3.05) is 6.61 Å². The predicted molar refractivity (Wildman–Crippen MR) is 99.5 cm³/mol. The zero-order valence-corrected chi connectivity index (χ0v) is 16.4. The van der Waals surface area contributed by atoms with Crippen LogP contribution in [0, 0.1) is 6.92 Å². The highest BCUT2D eigenvalue weighted by molar-refractivity contribution is 7.90. The van der Waals surface area contributed by atoms with Gasteiger partial charge in [0.2, 0.25) is 5.91 Å². The fraction of sp³-hybridized carbons (Fsp3) is 0.500. The number of ether oxygens (including phenoxy) is 1. The van der Waals surface area contributed by atoms with Crippen LogP contribution in [0.15, 0.2) is 29.2 Å². The number of hydrogen-bond acceptors (Lipinski definition) is 5. The second-order valence-electron chi connectivity index (χ2n) is 6.02. The van der Waals surface area contributed by atoms with Crippen molar-refractivity contribution >= 4 is 27.6 Å². The Labute approximate surface area is 159 Å². The summed E-state index contributed by atoms with van der Waals surface area (Å²) in [5, 5.41) is 0. The topological polar surface area (TPSA) is 126 Å². The van der Waals surface area contributed by atoms with Crippen molar-refractivity contribution in [2.24, 2.45) is 0 Å². The molecule has 0 saturated heterocycles. The van der Waals surface area contributed by atoms with Crippen LogP contribution in [0.3, 0.4) is 0 Å². The van der Waals surface area contributed by atoms with E-state index in [1.807, 2.05) is 6.92 Å². The molecule has 0 aliphatic carbocycles. The van der Waals surface area contributed by atoms with Gasteiger partial charge in [-0.2, -0.15) is 4.79 Å². The van der Waals surface area contributed by atoms with E-state index in [-0.39, 0.29) is 30.1 Å². The molecule has 0 fully saturated rings. The third kappa shape index (κ3) is 8.15. The summed E-state index contributed by atoms with van der Waals surface area (Å²) in [6.07, 6.45) is 2.87. The van der Waals surface area contributed by atoms with Gasteiger partial charge in [-0.25, -0.2) is 17.9 Å². The maximum atomic E-state index is 12.1. The number of rotatable bonds is 11. The number of aryl methyl sites for hydroxylation is 1. The molecule has 1 N–H and O–H groups in total. The van der Waals surface area contributed by atoms with Crippen molar-refractivity contribution in [2.45, 2.75) is 57.3 Å². The quantitative estimate of drug-likeness (QED) is 0.202. The van der Waals surface area contributed by atoms with Crippen LogP contribution in [0.5, 0.6) is 0 Å². The number of carbonyl (C=O) groups excluding carboxylic acids is 2. The van der Waals surface area contributed by atoms with E-state index in [4.69, 9.17) is 10.3 Å². The van der Waals surface area contributed by atoms with E-state index >= 15 is 0 Å². The molecular weight excluding hydrogens is 370 g/mol. The number of sulfonamides is 1. The Hall–Kier alpha value is -2.51. The van der Waals surface area contributed by atoms with E-state index in [0.717, 1.165) is 5.56 Å². The molecule has 1 aromatic carbocycles. The maximum Gasteiger partial charge on any atom is 0.416 e. The first kappa shape index (κ1) is 22.5. The molecule has 0 spiro atoms. The fourth-order valence-corrected chi connectivity index (χ4v) is 3.33. The third-order valence-electron chi connectivity index (χ3n) is 3.78. The summed E-state index contributed by atoms with van der Waals surface area (Å²) in [6.45, 7) is 3.71. The number of benzene rings is 1. The van der Waals surface area contributed by atoms with Crippen LogP contribution in [0.4, 0.5) is 0 Å². The monoisotopic (exact) mass is 395 g/mol. The number of esters is 1. The van der Waals surface area contributed by atoms with Crippen LogP contribution < -0.4 is 4.72 Å². The van der Waals surface area contributed by atoms with E-state index in [2.05, 4.69) is 9.51 Å². The van der Waals surface area contributed by atoms with Crippen LogP contribution >= 0.6 is 0 Å². The lowest BCUT2D eigenvalue weighted by molar-refractivity contribution is -0.140. The zero-order chi connectivity index (χ0) is 20.3. The number of nitrogens with zero attached hydrogens (tertiary/aromatic N) is 2. The zero-order valence-electron chi connectivity index (χ0n) is 15.6. The van der Waals surface area contributed by atoms with E-state index in [0.29, 0.717) is 25.7 Å². The minimum atomic E-state index is -3.85. The van der Waals surface area contributed by atoms with Crippen LogP contribution in [-0.2, 0) is 24.3 Å². The van der Waals surface area contributed by atoms with Gasteiger partial charge in [0.15, 0.2) is 0 Å². The maximum absolute atomic E-state index is 12.1. The van der Waals surface area contributed by atoms with Crippen LogP contribution in [0.2, 0.25) is 0 Å². The van der Waals surface area contributed by atoms with Gasteiger partial charge in [-0.05, 0) is 38.8 Å². The first-order valence-corrected chi connectivity index (χ1v) is 10.3. The summed E-state index contributed by atoms with van der Waals surface area (Å²) in [5.74, 6) is -1.19. The van der Waals surface area contributed by atoms with E-state index in [9.17, 15) is 18.0 Å². The number of nitrogens with one attached hydrogen (secondary N) is 1. The molecule has 1 amide bonds. The van der Waals surface area contributed by atoms with Crippen LogP contribution in [0.1, 0.15) is 51.0 Å². The van der Waals surface area contributed by atoms with E-state index < -0.39 is 21.9 Å². The molecule has 0 aliphatic rings. The van der Waals surface area contributed by atoms with Gasteiger partial charge in [0.25, 0.3) is 10.0 Å². The van der Waals surface area contributed by atoms with Gasteiger partial charge < -0.3 is 10.3 Å². The fourth-order valence-electron chi connectivity index (χ4n) is 2.32. The summed E-state index contributed by atoms with van der Waals surface area (Å²) in [5.41, 5.74) is 9.69. The summed E-state index contributed by atoms with van der Waals surface area (Å²) in [6, 6.07) is 6.24. The molecule has 148 valence electrons. The molecule has 0 heterocycles. The predicted octanol–water partition coefficient (Wildman–Crippen LogP) is 2.37. The first-order chi connectivity index (χ1) is 12.8. The molecule has 27 heavy (non-hydrogen) atoms. The number of carbonyl (C=O) groups is 2. The molecule has 0 radical (unpaired) electrons. The first-order valence-electron chi connectivity index (χ1n) is 8.80. The molecule has 0 unspecified atom stereocenters. The molecule has 0 aromatic heterocycles. The molecule has 1 aromatic rings. The van der Waals surface area contributed by atoms with Crippen molar-refractivity contribution < 1.29 is 27.5 Å². The van der Waals surface area contributed by atoms with Crippen molar-refractivity contribution in [1.29, 1.82) is 0 Å². The average Bonchev–Trinajstić information content (AvgIpc) is 2.61. The Kier molecular flexibility index (Phi) is 9.39. The summed E-state index contributed by atoms with van der Waals surface area (Å²) in [4.78, 5) is 26.3. The van der Waals surface area contributed by atoms with Crippen molar-refractivity contribution in [3.63, 3.8) is 0 Å². The Morgan fingerprint density at radius 1 is 1.07 bits per heavy atom. The minimum Gasteiger partial charge on any atom is -0.457 e. The highest BCUT2D eigenvalue weighted by atomic mass is 32.2. The Morgan fingerprint density at radius 2 is 1.67 bits per heavy atom. The highest BCUT2D eigenvalue weighted by Crippen LogP contribution is 2.11. The average molecular weight is 395 g/mol. The Morgan fingerprint density at radius 3 is 2.22 bits per heavy atom. The summed E-state index contributed by atoms with van der Waals surface area (Å²) < 4.78 is 31.0. The van der Waals surface area contributed by atoms with Gasteiger partial charge >= 0.3 is 11.7 Å². The second-order valence-corrected chi connectivity index (χ2v) is 7.71. The Balaban J connectivity index is 2.30. The number of unbranched alkanes of at least 4 members (excludes halogenated alkanes) is 3. The molecular formula is C18H25N3O5S. The van der Waals surface area contributed by atoms with Gasteiger partial charge in [-0.1, -0.05) is 30.5 Å². The van der Waals surface area contributed by atoms with Gasteiger partial charge in [0, 0.05) is 6.42 Å². The van der Waals surface area contributed by atoms with E-state index in [1.54, 1.807) is 19.1 Å². The highest BCUT2D eigenvalue weighted by Gasteiger charge is 2.20. The number of amides is 1. The second kappa shape index (κ2) is 11.3. The van der Waals surface area contributed by atoms with Crippen molar-refractivity contribution in [1.82, 2.24) is 4.72 Å². The van der Waals surface area contributed by atoms with Gasteiger partial charge in [0.1, 0.15) is 0 Å². The molecule has 8 nitrogen and oxygen atoms in total. The summed E-state index contributed by atoms with van der Waals surface area (Å²) in [7, 11) is -3.85. The normalized spacial score (nSPS) is 10.7.